The van der Waals surface area contributed by atoms with E-state index in [1.54, 1.807) is 6.07 Å². The Labute approximate surface area is 106 Å². The van der Waals surface area contributed by atoms with Crippen LogP contribution in [0, 0.1) is 11.7 Å². The normalized spacial score (nSPS) is 28.1. The first-order chi connectivity index (χ1) is 8.78. The highest BCUT2D eigenvalue weighted by atomic mass is 19.1. The molecular formula is C14H18FNO2. The number of hydrogen-bond donors (Lipinski definition) is 1. The SMILES string of the molecule is COc1ccc(C2CNCC(C3CC3)O2)cc1F. The van der Waals surface area contributed by atoms with E-state index in [0.717, 1.165) is 18.7 Å². The molecule has 2 fully saturated rings. The number of halogens is 1. The minimum atomic E-state index is -0.327. The molecule has 0 bridgehead atoms. The Morgan fingerprint density at radius 3 is 2.83 bits per heavy atom. The fraction of sp³-hybridized carbons (Fsp3) is 0.571. The van der Waals surface area contributed by atoms with Crippen molar-refractivity contribution in [3.63, 3.8) is 0 Å². The summed E-state index contributed by atoms with van der Waals surface area (Å²) in [5.74, 6) is 0.650. The quantitative estimate of drug-likeness (QED) is 0.894. The lowest BCUT2D eigenvalue weighted by atomic mass is 10.1. The zero-order valence-electron chi connectivity index (χ0n) is 10.5. The van der Waals surface area contributed by atoms with Crippen LogP contribution in [0.3, 0.4) is 0 Å². The van der Waals surface area contributed by atoms with Gasteiger partial charge in [0.25, 0.3) is 0 Å². The standard InChI is InChI=1S/C14H18FNO2/c1-17-12-5-4-10(6-11(12)15)14-8-16-7-13(18-14)9-2-3-9/h4-6,9,13-14,16H,2-3,7-8H2,1H3. The predicted molar refractivity (Wildman–Crippen MR) is 66.2 cm³/mol. The fourth-order valence-corrected chi connectivity index (χ4v) is 2.49. The van der Waals surface area contributed by atoms with Gasteiger partial charge in [0, 0.05) is 13.1 Å². The van der Waals surface area contributed by atoms with Gasteiger partial charge in [0.2, 0.25) is 0 Å². The molecule has 2 aliphatic rings. The molecule has 3 nitrogen and oxygen atoms in total. The first-order valence-corrected chi connectivity index (χ1v) is 6.47. The summed E-state index contributed by atoms with van der Waals surface area (Å²) in [6.45, 7) is 1.66. The van der Waals surface area contributed by atoms with Gasteiger partial charge in [-0.3, -0.25) is 0 Å². The molecule has 1 saturated carbocycles. The van der Waals surface area contributed by atoms with Crippen LogP contribution in [0.5, 0.6) is 5.75 Å². The summed E-state index contributed by atoms with van der Waals surface area (Å²) in [6, 6.07) is 5.05. The average molecular weight is 251 g/mol. The van der Waals surface area contributed by atoms with Gasteiger partial charge < -0.3 is 14.8 Å². The molecular weight excluding hydrogens is 233 g/mol. The van der Waals surface area contributed by atoms with Gasteiger partial charge in [-0.2, -0.15) is 0 Å². The number of rotatable bonds is 3. The van der Waals surface area contributed by atoms with Crippen molar-refractivity contribution in [3.8, 4) is 5.75 Å². The lowest BCUT2D eigenvalue weighted by Crippen LogP contribution is -2.41. The van der Waals surface area contributed by atoms with E-state index in [2.05, 4.69) is 5.32 Å². The van der Waals surface area contributed by atoms with Crippen LogP contribution in [0.25, 0.3) is 0 Å². The minimum Gasteiger partial charge on any atom is -0.494 e. The number of nitrogens with one attached hydrogen (secondary N) is 1. The molecule has 1 saturated heterocycles. The van der Waals surface area contributed by atoms with Crippen LogP contribution < -0.4 is 10.1 Å². The molecule has 1 N–H and O–H groups in total. The Kier molecular flexibility index (Phi) is 3.22. The molecule has 2 unspecified atom stereocenters. The third-order valence-corrected chi connectivity index (χ3v) is 3.71. The van der Waals surface area contributed by atoms with Crippen molar-refractivity contribution in [3.05, 3.63) is 29.6 Å². The predicted octanol–water partition coefficient (Wildman–Crippen LogP) is 2.27. The highest BCUT2D eigenvalue weighted by Crippen LogP contribution is 2.38. The van der Waals surface area contributed by atoms with E-state index in [1.807, 2.05) is 6.07 Å². The van der Waals surface area contributed by atoms with E-state index in [-0.39, 0.29) is 23.8 Å². The zero-order chi connectivity index (χ0) is 12.5. The van der Waals surface area contributed by atoms with Gasteiger partial charge in [0.05, 0.1) is 19.3 Å². The van der Waals surface area contributed by atoms with Crippen molar-refractivity contribution in [1.29, 1.82) is 0 Å². The Balaban J connectivity index is 1.74. The third kappa shape index (κ3) is 2.35. The van der Waals surface area contributed by atoms with Crippen molar-refractivity contribution < 1.29 is 13.9 Å². The summed E-state index contributed by atoms with van der Waals surface area (Å²) in [6.07, 6.45) is 2.75. The van der Waals surface area contributed by atoms with E-state index < -0.39 is 0 Å². The van der Waals surface area contributed by atoms with Gasteiger partial charge in [0.15, 0.2) is 11.6 Å². The average Bonchev–Trinajstić information content (AvgIpc) is 3.23. The second-order valence-corrected chi connectivity index (χ2v) is 5.05. The molecule has 1 aliphatic heterocycles. The number of methoxy groups -OCH3 is 1. The topological polar surface area (TPSA) is 30.5 Å². The van der Waals surface area contributed by atoms with Crippen LogP contribution in [-0.2, 0) is 4.74 Å². The Bertz CT molecular complexity index is 434. The Hall–Kier alpha value is -1.13. The van der Waals surface area contributed by atoms with Crippen molar-refractivity contribution in [2.24, 2.45) is 5.92 Å². The van der Waals surface area contributed by atoms with E-state index in [1.165, 1.54) is 26.0 Å². The molecule has 18 heavy (non-hydrogen) atoms. The number of ether oxygens (including phenoxy) is 2. The van der Waals surface area contributed by atoms with Crippen LogP contribution in [0.1, 0.15) is 24.5 Å². The summed E-state index contributed by atoms with van der Waals surface area (Å²) < 4.78 is 24.7. The van der Waals surface area contributed by atoms with Crippen LogP contribution in [0.15, 0.2) is 18.2 Å². The maximum atomic E-state index is 13.7. The van der Waals surface area contributed by atoms with Crippen LogP contribution in [0.2, 0.25) is 0 Å². The Morgan fingerprint density at radius 2 is 2.17 bits per heavy atom. The lowest BCUT2D eigenvalue weighted by molar-refractivity contribution is -0.0494. The van der Waals surface area contributed by atoms with Crippen molar-refractivity contribution in [2.45, 2.75) is 25.0 Å². The third-order valence-electron chi connectivity index (χ3n) is 3.71. The number of hydrogen-bond acceptors (Lipinski definition) is 3. The summed E-state index contributed by atoms with van der Waals surface area (Å²) in [5, 5.41) is 3.37. The molecule has 1 aliphatic carbocycles. The van der Waals surface area contributed by atoms with E-state index >= 15 is 0 Å². The van der Waals surface area contributed by atoms with Crippen LogP contribution in [0.4, 0.5) is 4.39 Å². The first kappa shape index (κ1) is 11.9. The zero-order valence-corrected chi connectivity index (χ0v) is 10.5. The van der Waals surface area contributed by atoms with E-state index in [4.69, 9.17) is 9.47 Å². The molecule has 0 radical (unpaired) electrons. The largest absolute Gasteiger partial charge is 0.494 e. The van der Waals surface area contributed by atoms with Gasteiger partial charge in [-0.15, -0.1) is 0 Å². The molecule has 2 atom stereocenters. The molecule has 98 valence electrons. The van der Waals surface area contributed by atoms with Crippen molar-refractivity contribution in [2.75, 3.05) is 20.2 Å². The maximum absolute atomic E-state index is 13.7. The lowest BCUT2D eigenvalue weighted by Gasteiger charge is -2.31. The van der Waals surface area contributed by atoms with Gasteiger partial charge in [-0.1, -0.05) is 6.07 Å². The highest BCUT2D eigenvalue weighted by Gasteiger charge is 2.36. The van der Waals surface area contributed by atoms with Crippen LogP contribution in [-0.4, -0.2) is 26.3 Å². The summed E-state index contributed by atoms with van der Waals surface area (Å²) in [7, 11) is 1.47. The van der Waals surface area contributed by atoms with Crippen molar-refractivity contribution in [1.82, 2.24) is 5.32 Å². The number of morpholine rings is 1. The van der Waals surface area contributed by atoms with Gasteiger partial charge in [-0.25, -0.2) is 4.39 Å². The molecule has 0 spiro atoms. The monoisotopic (exact) mass is 251 g/mol. The number of benzene rings is 1. The van der Waals surface area contributed by atoms with Gasteiger partial charge >= 0.3 is 0 Å². The molecule has 1 aromatic carbocycles. The van der Waals surface area contributed by atoms with Crippen molar-refractivity contribution >= 4 is 0 Å². The molecule has 0 amide bonds. The summed E-state index contributed by atoms with van der Waals surface area (Å²) in [4.78, 5) is 0. The van der Waals surface area contributed by atoms with Gasteiger partial charge in [0.1, 0.15) is 0 Å². The summed E-state index contributed by atoms with van der Waals surface area (Å²) in [5.41, 5.74) is 0.881. The second kappa shape index (κ2) is 4.86. The van der Waals surface area contributed by atoms with Gasteiger partial charge in [-0.05, 0) is 36.5 Å². The van der Waals surface area contributed by atoms with E-state index in [0.29, 0.717) is 5.92 Å². The van der Waals surface area contributed by atoms with E-state index in [9.17, 15) is 4.39 Å². The molecule has 0 aromatic heterocycles. The fourth-order valence-electron chi connectivity index (χ4n) is 2.49. The molecule has 3 rings (SSSR count). The molecule has 1 aromatic rings. The summed E-state index contributed by atoms with van der Waals surface area (Å²) >= 11 is 0. The first-order valence-electron chi connectivity index (χ1n) is 6.47. The second-order valence-electron chi connectivity index (χ2n) is 5.05. The maximum Gasteiger partial charge on any atom is 0.165 e. The minimum absolute atomic E-state index is 0.0512. The highest BCUT2D eigenvalue weighted by molar-refractivity contribution is 5.30. The Morgan fingerprint density at radius 1 is 1.33 bits per heavy atom. The smallest absolute Gasteiger partial charge is 0.165 e. The molecule has 1 heterocycles. The van der Waals surface area contributed by atoms with Crippen LogP contribution >= 0.6 is 0 Å². The molecule has 4 heteroatoms.